The Balaban J connectivity index is 2.36. The summed E-state index contributed by atoms with van der Waals surface area (Å²) in [5.74, 6) is 0.0936. The van der Waals surface area contributed by atoms with Crippen LogP contribution < -0.4 is 17.0 Å². The molecule has 0 spiro atoms. The molecule has 17 heavy (non-hydrogen) atoms. The van der Waals surface area contributed by atoms with Crippen LogP contribution in [0.3, 0.4) is 0 Å². The Bertz CT molecular complexity index is 564. The highest BCUT2D eigenvalue weighted by Crippen LogP contribution is 2.03. The van der Waals surface area contributed by atoms with Gasteiger partial charge in [0, 0.05) is 6.54 Å². The lowest BCUT2D eigenvalue weighted by Gasteiger charge is -2.08. The summed E-state index contributed by atoms with van der Waals surface area (Å²) in [6.45, 7) is 0.522. The third-order valence-corrected chi connectivity index (χ3v) is 2.34. The van der Waals surface area contributed by atoms with Gasteiger partial charge in [0.15, 0.2) is 0 Å². The fourth-order valence-electron chi connectivity index (χ4n) is 1.47. The molecule has 88 valence electrons. The normalized spacial score (nSPS) is 10.4. The molecule has 6 nitrogen and oxygen atoms in total. The first-order chi connectivity index (χ1) is 8.20. The van der Waals surface area contributed by atoms with Crippen LogP contribution in [-0.4, -0.2) is 14.8 Å². The summed E-state index contributed by atoms with van der Waals surface area (Å²) in [4.78, 5) is 15.0. The Morgan fingerprint density at radius 2 is 1.94 bits per heavy atom. The van der Waals surface area contributed by atoms with Gasteiger partial charge in [0.25, 0.3) is 5.56 Å². The minimum Gasteiger partial charge on any atom is -0.368 e. The summed E-state index contributed by atoms with van der Waals surface area (Å²) in [7, 11) is 0. The van der Waals surface area contributed by atoms with Crippen molar-refractivity contribution < 1.29 is 0 Å². The van der Waals surface area contributed by atoms with Crippen molar-refractivity contribution in [1.82, 2.24) is 14.8 Å². The Hall–Kier alpha value is -2.21. The average molecular weight is 231 g/mol. The van der Waals surface area contributed by atoms with Crippen molar-refractivity contribution in [2.45, 2.75) is 13.1 Å². The number of anilines is 1. The third kappa shape index (κ3) is 2.48. The standard InChI is InChI=1S/C11H13N5O/c12-6-9-10(17)14-11(13)16(15-9)7-8-4-2-1-3-5-8/h1-5H,6-7,12H2,(H2,13,14,17). The van der Waals surface area contributed by atoms with Crippen molar-refractivity contribution in [3.05, 3.63) is 51.9 Å². The predicted molar refractivity (Wildman–Crippen MR) is 64.1 cm³/mol. The van der Waals surface area contributed by atoms with Crippen LogP contribution in [0, 0.1) is 0 Å². The van der Waals surface area contributed by atoms with Gasteiger partial charge < -0.3 is 11.5 Å². The number of nitrogen functional groups attached to an aromatic ring is 1. The first kappa shape index (κ1) is 11.3. The Kier molecular flexibility index (Phi) is 3.15. The van der Waals surface area contributed by atoms with Crippen molar-refractivity contribution in [2.75, 3.05) is 5.73 Å². The van der Waals surface area contributed by atoms with Gasteiger partial charge in [0.05, 0.1) is 6.54 Å². The Labute approximate surface area is 97.9 Å². The smallest absolute Gasteiger partial charge is 0.297 e. The van der Waals surface area contributed by atoms with Crippen LogP contribution in [0.5, 0.6) is 0 Å². The molecule has 0 aliphatic carbocycles. The maximum Gasteiger partial charge on any atom is 0.297 e. The molecule has 1 heterocycles. The van der Waals surface area contributed by atoms with Crippen LogP contribution in [0.15, 0.2) is 35.1 Å². The molecule has 0 aliphatic heterocycles. The van der Waals surface area contributed by atoms with Gasteiger partial charge in [-0.3, -0.25) is 4.79 Å². The van der Waals surface area contributed by atoms with E-state index in [0.717, 1.165) is 5.56 Å². The summed E-state index contributed by atoms with van der Waals surface area (Å²) in [5.41, 5.74) is 11.8. The van der Waals surface area contributed by atoms with E-state index in [0.29, 0.717) is 6.54 Å². The van der Waals surface area contributed by atoms with E-state index in [2.05, 4.69) is 10.1 Å². The highest BCUT2D eigenvalue weighted by molar-refractivity contribution is 5.20. The lowest BCUT2D eigenvalue weighted by molar-refractivity contribution is 0.629. The van der Waals surface area contributed by atoms with Crippen molar-refractivity contribution in [1.29, 1.82) is 0 Å². The van der Waals surface area contributed by atoms with Crippen molar-refractivity contribution in [2.24, 2.45) is 5.73 Å². The van der Waals surface area contributed by atoms with Crippen LogP contribution in [0.1, 0.15) is 11.3 Å². The minimum atomic E-state index is -0.464. The number of hydrogen-bond donors (Lipinski definition) is 2. The molecular formula is C11H13N5O. The largest absolute Gasteiger partial charge is 0.368 e. The molecule has 0 saturated carbocycles. The molecule has 0 aliphatic rings. The van der Waals surface area contributed by atoms with E-state index in [4.69, 9.17) is 11.5 Å². The molecule has 6 heteroatoms. The zero-order chi connectivity index (χ0) is 12.3. The predicted octanol–water partition coefficient (Wildman–Crippen LogP) is -0.273. The van der Waals surface area contributed by atoms with Crippen LogP contribution in [0.25, 0.3) is 0 Å². The Morgan fingerprint density at radius 1 is 1.24 bits per heavy atom. The van der Waals surface area contributed by atoms with E-state index in [9.17, 15) is 4.79 Å². The van der Waals surface area contributed by atoms with Crippen LogP contribution in [0.2, 0.25) is 0 Å². The second-order valence-electron chi connectivity index (χ2n) is 3.57. The number of nitrogens with zero attached hydrogens (tertiary/aromatic N) is 3. The second-order valence-corrected chi connectivity index (χ2v) is 3.57. The van der Waals surface area contributed by atoms with Gasteiger partial charge in [-0.05, 0) is 5.56 Å². The van der Waals surface area contributed by atoms with Gasteiger partial charge >= 0.3 is 0 Å². The lowest BCUT2D eigenvalue weighted by atomic mass is 10.2. The first-order valence-corrected chi connectivity index (χ1v) is 5.18. The maximum absolute atomic E-state index is 11.3. The summed E-state index contributed by atoms with van der Waals surface area (Å²) in [5, 5.41) is 4.08. The van der Waals surface area contributed by atoms with Crippen molar-refractivity contribution >= 4 is 5.95 Å². The molecule has 0 bridgehead atoms. The maximum atomic E-state index is 11.3. The van der Waals surface area contributed by atoms with Gasteiger partial charge in [-0.2, -0.15) is 10.1 Å². The highest BCUT2D eigenvalue weighted by atomic mass is 16.1. The van der Waals surface area contributed by atoms with Gasteiger partial charge in [-0.15, -0.1) is 0 Å². The van der Waals surface area contributed by atoms with Crippen molar-refractivity contribution in [3.63, 3.8) is 0 Å². The number of aromatic nitrogens is 3. The average Bonchev–Trinajstić information content (AvgIpc) is 2.34. The van der Waals surface area contributed by atoms with Crippen LogP contribution in [0.4, 0.5) is 5.95 Å². The van der Waals surface area contributed by atoms with E-state index in [-0.39, 0.29) is 18.2 Å². The molecule has 0 amide bonds. The highest BCUT2D eigenvalue weighted by Gasteiger charge is 2.06. The lowest BCUT2D eigenvalue weighted by Crippen LogP contribution is -2.26. The molecule has 1 aromatic heterocycles. The van der Waals surface area contributed by atoms with E-state index in [1.54, 1.807) is 0 Å². The summed E-state index contributed by atoms with van der Waals surface area (Å²) in [6, 6.07) is 9.66. The zero-order valence-electron chi connectivity index (χ0n) is 9.21. The molecule has 2 rings (SSSR count). The van der Waals surface area contributed by atoms with E-state index < -0.39 is 5.56 Å². The SMILES string of the molecule is NCc1nn(Cc2ccccc2)c(N)nc1=O. The minimum absolute atomic E-state index is 0.0565. The van der Waals surface area contributed by atoms with Crippen molar-refractivity contribution in [3.8, 4) is 0 Å². The van der Waals surface area contributed by atoms with Crippen LogP contribution >= 0.6 is 0 Å². The molecule has 0 radical (unpaired) electrons. The fourth-order valence-corrected chi connectivity index (χ4v) is 1.47. The molecule has 0 unspecified atom stereocenters. The third-order valence-electron chi connectivity index (χ3n) is 2.34. The summed E-state index contributed by atoms with van der Waals surface area (Å²) >= 11 is 0. The van der Waals surface area contributed by atoms with Crippen LogP contribution in [-0.2, 0) is 13.1 Å². The van der Waals surface area contributed by atoms with E-state index in [1.807, 2.05) is 30.3 Å². The molecule has 0 atom stereocenters. The molecule has 2 aromatic rings. The fraction of sp³-hybridized carbons (Fsp3) is 0.182. The topological polar surface area (TPSA) is 99.8 Å². The molecule has 4 N–H and O–H groups in total. The molecule has 1 aromatic carbocycles. The number of benzene rings is 1. The zero-order valence-corrected chi connectivity index (χ0v) is 9.21. The number of hydrogen-bond acceptors (Lipinski definition) is 5. The second kappa shape index (κ2) is 4.75. The van der Waals surface area contributed by atoms with Gasteiger partial charge in [-0.1, -0.05) is 30.3 Å². The van der Waals surface area contributed by atoms with E-state index >= 15 is 0 Å². The number of nitrogens with two attached hydrogens (primary N) is 2. The first-order valence-electron chi connectivity index (χ1n) is 5.18. The number of rotatable bonds is 3. The van der Waals surface area contributed by atoms with E-state index in [1.165, 1.54) is 4.68 Å². The molecule has 0 saturated heterocycles. The van der Waals surface area contributed by atoms with Gasteiger partial charge in [-0.25, -0.2) is 4.68 Å². The van der Waals surface area contributed by atoms with Gasteiger partial charge in [0.1, 0.15) is 5.69 Å². The van der Waals surface area contributed by atoms with Gasteiger partial charge in [0.2, 0.25) is 5.95 Å². The molecular weight excluding hydrogens is 218 g/mol. The molecule has 0 fully saturated rings. The summed E-state index contributed by atoms with van der Waals surface area (Å²) < 4.78 is 1.47. The summed E-state index contributed by atoms with van der Waals surface area (Å²) in [6.07, 6.45) is 0. The monoisotopic (exact) mass is 231 g/mol. The Morgan fingerprint density at radius 3 is 2.59 bits per heavy atom. The quantitative estimate of drug-likeness (QED) is 0.757.